The molecular weight excluding hydrogens is 409 g/mol. The van der Waals surface area contributed by atoms with Gasteiger partial charge in [0.15, 0.2) is 0 Å². The number of nitrogens with zero attached hydrogens (tertiary/aromatic N) is 2. The third-order valence-corrected chi connectivity index (χ3v) is 4.63. The Morgan fingerprint density at radius 3 is 2.40 bits per heavy atom. The Bertz CT molecular complexity index is 1270. The maximum atomic E-state index is 13.2. The molecule has 0 atom stereocenters. The number of hydrogen-bond donors (Lipinski definition) is 2. The molecule has 30 heavy (non-hydrogen) atoms. The number of phenolic OH excluding ortho intramolecular Hbond substituents is 1. The number of nitrogens with two attached hydrogens (primary N) is 1. The number of hydrogen-bond acceptors (Lipinski definition) is 5. The molecule has 3 aromatic carbocycles. The van der Waals surface area contributed by atoms with Gasteiger partial charge >= 0.3 is 5.56 Å². The Morgan fingerprint density at radius 1 is 1.03 bits per heavy atom. The summed E-state index contributed by atoms with van der Waals surface area (Å²) < 4.78 is 20.1. The number of phenols is 1. The highest BCUT2D eigenvalue weighted by molar-refractivity contribution is 6.30. The number of halogens is 2. The van der Waals surface area contributed by atoms with E-state index >= 15 is 0 Å². The SMILES string of the molecule is Nc1cnn(-c2ccc(Cl)cc2)c(=O)c1Oc1ccc(-c2ccc(F)cc2O)cc1. The highest BCUT2D eigenvalue weighted by Gasteiger charge is 2.14. The normalized spacial score (nSPS) is 10.7. The van der Waals surface area contributed by atoms with E-state index in [1.165, 1.54) is 18.3 Å². The van der Waals surface area contributed by atoms with Crippen LogP contribution in [0.25, 0.3) is 16.8 Å². The summed E-state index contributed by atoms with van der Waals surface area (Å²) in [6.07, 6.45) is 1.33. The van der Waals surface area contributed by atoms with Crippen LogP contribution in [-0.4, -0.2) is 14.9 Å². The first-order valence-corrected chi connectivity index (χ1v) is 9.21. The fourth-order valence-electron chi connectivity index (χ4n) is 2.89. The van der Waals surface area contributed by atoms with Crippen LogP contribution in [0.5, 0.6) is 17.2 Å². The van der Waals surface area contributed by atoms with Gasteiger partial charge in [-0.15, -0.1) is 0 Å². The zero-order valence-electron chi connectivity index (χ0n) is 15.4. The molecule has 6 nitrogen and oxygen atoms in total. The molecule has 3 N–H and O–H groups in total. The van der Waals surface area contributed by atoms with E-state index in [2.05, 4.69) is 5.10 Å². The Labute approximate surface area is 175 Å². The van der Waals surface area contributed by atoms with Crippen molar-refractivity contribution in [2.45, 2.75) is 0 Å². The van der Waals surface area contributed by atoms with E-state index in [0.717, 1.165) is 10.7 Å². The molecule has 0 aliphatic heterocycles. The van der Waals surface area contributed by atoms with Crippen molar-refractivity contribution >= 4 is 17.3 Å². The van der Waals surface area contributed by atoms with Crippen LogP contribution >= 0.6 is 11.6 Å². The van der Waals surface area contributed by atoms with Crippen LogP contribution < -0.4 is 16.0 Å². The van der Waals surface area contributed by atoms with E-state index in [1.54, 1.807) is 48.5 Å². The molecule has 4 rings (SSSR count). The number of benzene rings is 3. The van der Waals surface area contributed by atoms with Crippen molar-refractivity contribution in [3.8, 4) is 34.1 Å². The minimum Gasteiger partial charge on any atom is -0.507 e. The van der Waals surface area contributed by atoms with E-state index in [0.29, 0.717) is 27.6 Å². The quantitative estimate of drug-likeness (QED) is 0.493. The van der Waals surface area contributed by atoms with Crippen molar-refractivity contribution in [3.05, 3.63) is 94.1 Å². The highest BCUT2D eigenvalue weighted by Crippen LogP contribution is 2.32. The summed E-state index contributed by atoms with van der Waals surface area (Å²) in [5.41, 5.74) is 7.10. The molecule has 0 saturated heterocycles. The lowest BCUT2D eigenvalue weighted by Gasteiger charge is -2.11. The third-order valence-electron chi connectivity index (χ3n) is 4.38. The van der Waals surface area contributed by atoms with Crippen LogP contribution in [-0.2, 0) is 0 Å². The molecule has 0 unspecified atom stereocenters. The van der Waals surface area contributed by atoms with E-state index < -0.39 is 11.4 Å². The number of anilines is 1. The Kier molecular flexibility index (Phi) is 5.12. The predicted molar refractivity (Wildman–Crippen MR) is 113 cm³/mol. The largest absolute Gasteiger partial charge is 0.507 e. The average Bonchev–Trinajstić information content (AvgIpc) is 2.73. The zero-order valence-corrected chi connectivity index (χ0v) is 16.2. The predicted octanol–water partition coefficient (Wildman–Crippen LogP) is 4.77. The van der Waals surface area contributed by atoms with Crippen molar-refractivity contribution in [1.29, 1.82) is 0 Å². The second-order valence-corrected chi connectivity index (χ2v) is 6.85. The molecule has 0 saturated carbocycles. The fraction of sp³-hybridized carbons (Fsp3) is 0. The van der Waals surface area contributed by atoms with Crippen molar-refractivity contribution < 1.29 is 14.2 Å². The number of aromatic hydroxyl groups is 1. The van der Waals surface area contributed by atoms with Crippen LogP contribution in [0.15, 0.2) is 77.7 Å². The summed E-state index contributed by atoms with van der Waals surface area (Å²) >= 11 is 5.89. The molecule has 0 fully saturated rings. The van der Waals surface area contributed by atoms with E-state index in [1.807, 2.05) is 0 Å². The molecule has 8 heteroatoms. The summed E-state index contributed by atoms with van der Waals surface area (Å²) in [7, 11) is 0. The van der Waals surface area contributed by atoms with E-state index in [4.69, 9.17) is 22.1 Å². The van der Waals surface area contributed by atoms with Gasteiger partial charge in [0.25, 0.3) is 0 Å². The average molecular weight is 424 g/mol. The Morgan fingerprint density at radius 2 is 1.73 bits per heavy atom. The molecule has 4 aromatic rings. The second kappa shape index (κ2) is 7.88. The zero-order chi connectivity index (χ0) is 21.3. The number of nitrogen functional groups attached to an aromatic ring is 1. The van der Waals surface area contributed by atoms with Crippen LogP contribution in [0, 0.1) is 5.82 Å². The van der Waals surface area contributed by atoms with Gasteiger partial charge in [-0.2, -0.15) is 9.78 Å². The topological polar surface area (TPSA) is 90.4 Å². The second-order valence-electron chi connectivity index (χ2n) is 6.41. The van der Waals surface area contributed by atoms with Gasteiger partial charge in [-0.25, -0.2) is 4.39 Å². The molecule has 1 aromatic heterocycles. The molecule has 150 valence electrons. The summed E-state index contributed by atoms with van der Waals surface area (Å²) in [5, 5.41) is 14.5. The van der Waals surface area contributed by atoms with E-state index in [-0.39, 0.29) is 17.2 Å². The van der Waals surface area contributed by atoms with Gasteiger partial charge < -0.3 is 15.6 Å². The van der Waals surface area contributed by atoms with Crippen molar-refractivity contribution in [1.82, 2.24) is 9.78 Å². The Hall–Kier alpha value is -3.84. The number of ether oxygens (including phenoxy) is 1. The summed E-state index contributed by atoms with van der Waals surface area (Å²) in [6.45, 7) is 0. The van der Waals surface area contributed by atoms with Crippen LogP contribution in [0.2, 0.25) is 5.02 Å². The molecule has 1 heterocycles. The minimum absolute atomic E-state index is 0.0719. The van der Waals surface area contributed by atoms with Crippen molar-refractivity contribution in [2.24, 2.45) is 0 Å². The van der Waals surface area contributed by atoms with Crippen LogP contribution in [0.1, 0.15) is 0 Å². The van der Waals surface area contributed by atoms with Gasteiger partial charge in [0.1, 0.15) is 23.0 Å². The van der Waals surface area contributed by atoms with Gasteiger partial charge in [0, 0.05) is 16.7 Å². The molecule has 0 spiro atoms. The lowest BCUT2D eigenvalue weighted by Crippen LogP contribution is -2.23. The maximum Gasteiger partial charge on any atom is 0.316 e. The van der Waals surface area contributed by atoms with Crippen molar-refractivity contribution in [3.63, 3.8) is 0 Å². The molecule has 0 radical (unpaired) electrons. The highest BCUT2D eigenvalue weighted by atomic mass is 35.5. The first-order valence-electron chi connectivity index (χ1n) is 8.83. The molecular formula is C22H15ClFN3O3. The fourth-order valence-corrected chi connectivity index (χ4v) is 3.01. The van der Waals surface area contributed by atoms with Crippen LogP contribution in [0.4, 0.5) is 10.1 Å². The minimum atomic E-state index is -0.530. The summed E-state index contributed by atoms with van der Waals surface area (Å²) in [6, 6.07) is 17.0. The first-order chi connectivity index (χ1) is 14.4. The molecule has 0 aliphatic carbocycles. The molecule has 0 aliphatic rings. The van der Waals surface area contributed by atoms with Gasteiger partial charge in [0.2, 0.25) is 5.75 Å². The monoisotopic (exact) mass is 423 g/mol. The summed E-state index contributed by atoms with van der Waals surface area (Å²) in [5.74, 6) is -0.412. The third kappa shape index (κ3) is 3.83. The van der Waals surface area contributed by atoms with Gasteiger partial charge in [-0.05, 0) is 54.1 Å². The summed E-state index contributed by atoms with van der Waals surface area (Å²) in [4.78, 5) is 12.8. The van der Waals surface area contributed by atoms with Gasteiger partial charge in [0.05, 0.1) is 11.9 Å². The van der Waals surface area contributed by atoms with Gasteiger partial charge in [-0.3, -0.25) is 4.79 Å². The number of aromatic nitrogens is 2. The lowest BCUT2D eigenvalue weighted by molar-refractivity contribution is 0.469. The number of rotatable bonds is 4. The first kappa shape index (κ1) is 19.5. The molecule has 0 amide bonds. The maximum absolute atomic E-state index is 13.2. The lowest BCUT2D eigenvalue weighted by atomic mass is 10.0. The van der Waals surface area contributed by atoms with E-state index in [9.17, 15) is 14.3 Å². The van der Waals surface area contributed by atoms with Crippen molar-refractivity contribution in [2.75, 3.05) is 5.73 Å². The standard InChI is InChI=1S/C22H15ClFN3O3/c23-14-3-6-16(7-4-14)27-22(29)21(19(25)12-26-27)30-17-8-1-13(2-9-17)18-10-5-15(24)11-20(18)28/h1-12,28H,25H2. The Balaban J connectivity index is 1.65. The van der Waals surface area contributed by atoms with Crippen LogP contribution in [0.3, 0.4) is 0 Å². The smallest absolute Gasteiger partial charge is 0.316 e. The molecule has 0 bridgehead atoms. The van der Waals surface area contributed by atoms with Gasteiger partial charge in [-0.1, -0.05) is 23.7 Å².